The van der Waals surface area contributed by atoms with Crippen LogP contribution in [0.15, 0.2) is 212 Å². The molecule has 0 spiro atoms. The number of nitrogens with zero attached hydrogens (tertiary/aromatic N) is 7. The molecular weight excluding hydrogens is 783 g/mol. The summed E-state index contributed by atoms with van der Waals surface area (Å²) < 4.78 is 9.22. The minimum absolute atomic E-state index is 0.541. The fourth-order valence-corrected chi connectivity index (χ4v) is 10.4. The van der Waals surface area contributed by atoms with Gasteiger partial charge in [-0.25, -0.2) is 0 Å². The molecule has 7 nitrogen and oxygen atoms in total. The molecule has 5 aromatic heterocycles. The number of rotatable bonds is 5. The molecule has 14 aromatic rings. The van der Waals surface area contributed by atoms with E-state index in [9.17, 15) is 0 Å². The van der Waals surface area contributed by atoms with E-state index >= 15 is 0 Å². The zero-order chi connectivity index (χ0) is 41.9. The first-order valence-electron chi connectivity index (χ1n) is 21.6. The maximum Gasteiger partial charge on any atom is 0.240 e. The fraction of sp³-hybridized carbons (Fsp3) is 0. The van der Waals surface area contributed by atoms with Crippen LogP contribution in [0.4, 0.5) is 0 Å². The van der Waals surface area contributed by atoms with Gasteiger partial charge in [0.25, 0.3) is 0 Å². The average Bonchev–Trinajstić information content (AvgIpc) is 4.09. The second-order valence-electron chi connectivity index (χ2n) is 16.4. The first-order valence-corrected chi connectivity index (χ1v) is 21.6. The van der Waals surface area contributed by atoms with Gasteiger partial charge in [0.05, 0.1) is 49.8 Å². The van der Waals surface area contributed by atoms with E-state index in [1.54, 1.807) is 0 Å². The van der Waals surface area contributed by atoms with E-state index in [1.165, 1.54) is 10.8 Å². The third-order valence-electron chi connectivity index (χ3n) is 13.0. The summed E-state index contributed by atoms with van der Waals surface area (Å²) in [6.07, 6.45) is 0. The smallest absolute Gasteiger partial charge is 0.240 e. The summed E-state index contributed by atoms with van der Waals surface area (Å²) in [5.74, 6) is 1.65. The molecule has 0 atom stereocenters. The summed E-state index contributed by atoms with van der Waals surface area (Å²) in [5, 5.41) is 9.17. The lowest BCUT2D eigenvalue weighted by molar-refractivity contribution is 0.892. The minimum Gasteiger partial charge on any atom is -0.309 e. The van der Waals surface area contributed by atoms with Crippen molar-refractivity contribution in [1.29, 1.82) is 0 Å². The average molecular weight is 818 g/mol. The summed E-state index contributed by atoms with van der Waals surface area (Å²) in [6, 6.07) is 75.4. The van der Waals surface area contributed by atoms with Gasteiger partial charge in [-0.1, -0.05) is 146 Å². The van der Waals surface area contributed by atoms with Crippen LogP contribution in [0, 0.1) is 0 Å². The van der Waals surface area contributed by atoms with Crippen LogP contribution in [0.3, 0.4) is 0 Å². The normalized spacial score (nSPS) is 12.1. The van der Waals surface area contributed by atoms with E-state index < -0.39 is 0 Å². The van der Waals surface area contributed by atoms with Crippen LogP contribution in [-0.4, -0.2) is 33.2 Å². The van der Waals surface area contributed by atoms with Crippen molar-refractivity contribution in [3.8, 4) is 34.7 Å². The molecule has 0 aliphatic carbocycles. The molecule has 0 saturated heterocycles. The lowest BCUT2D eigenvalue weighted by atomic mass is 10.0. The zero-order valence-electron chi connectivity index (χ0n) is 34.3. The number of fused-ring (bicyclic) bond motifs is 12. The largest absolute Gasteiger partial charge is 0.309 e. The van der Waals surface area contributed by atoms with Crippen molar-refractivity contribution < 1.29 is 0 Å². The Kier molecular flexibility index (Phi) is 7.27. The Hall–Kier alpha value is -8.81. The number of benzene rings is 9. The number of hydrogen-bond acceptors (Lipinski definition) is 3. The van der Waals surface area contributed by atoms with E-state index in [4.69, 9.17) is 15.0 Å². The third kappa shape index (κ3) is 4.83. The topological polar surface area (TPSA) is 58.4 Å². The second-order valence-corrected chi connectivity index (χ2v) is 16.4. The van der Waals surface area contributed by atoms with Gasteiger partial charge in [-0.2, -0.15) is 15.0 Å². The highest BCUT2D eigenvalue weighted by Gasteiger charge is 2.26. The molecule has 5 heterocycles. The molecule has 0 unspecified atom stereocenters. The first-order chi connectivity index (χ1) is 31.8. The SMILES string of the molecule is c1ccc(-n2c3ccccc3c3c(-n4c5ccccc5c5ccccc54)c(-c4nc(-n5c6ccccc6c6ccccc65)nc(-n5c6ccccc6c6ccccc65)n4)ccc32)cc1. The highest BCUT2D eigenvalue weighted by atomic mass is 15.3. The fourth-order valence-electron chi connectivity index (χ4n) is 10.4. The first kappa shape index (κ1) is 34.9. The van der Waals surface area contributed by atoms with Gasteiger partial charge in [-0.05, 0) is 66.7 Å². The summed E-state index contributed by atoms with van der Waals surface area (Å²) >= 11 is 0. The van der Waals surface area contributed by atoms with Crippen molar-refractivity contribution in [3.63, 3.8) is 0 Å². The molecule has 0 radical (unpaired) electrons. The standard InChI is InChI=1S/C57H35N7/c1-2-18-36(19-3-1)61-51-33-17-10-26-43(51)53-52(61)35-34-44(54(53)62-45-27-11-4-20-37(45)38-21-5-12-28-46(38)62)55-58-56(63-47-29-13-6-22-39(47)40-23-7-14-30-48(40)63)60-57(59-55)64-49-31-15-8-24-41(49)42-25-9-16-32-50(42)64/h1-35H. The molecular formula is C57H35N7. The molecule has 0 aliphatic heterocycles. The Labute approximate surface area is 366 Å². The molecule has 64 heavy (non-hydrogen) atoms. The van der Waals surface area contributed by atoms with E-state index in [1.807, 2.05) is 0 Å². The van der Waals surface area contributed by atoms with Crippen molar-refractivity contribution >= 4 is 87.2 Å². The molecule has 0 N–H and O–H groups in total. The van der Waals surface area contributed by atoms with Gasteiger partial charge in [0.2, 0.25) is 11.9 Å². The third-order valence-corrected chi connectivity index (χ3v) is 13.0. The van der Waals surface area contributed by atoms with Crippen LogP contribution < -0.4 is 0 Å². The van der Waals surface area contributed by atoms with Gasteiger partial charge in [0.15, 0.2) is 5.82 Å². The molecule has 0 saturated carbocycles. The van der Waals surface area contributed by atoms with Crippen molar-refractivity contribution in [2.45, 2.75) is 0 Å². The molecule has 7 heteroatoms. The molecule has 9 aromatic carbocycles. The predicted octanol–water partition coefficient (Wildman–Crippen LogP) is 13.9. The highest BCUT2D eigenvalue weighted by molar-refractivity contribution is 6.19. The Balaban J connectivity index is 1.18. The Bertz CT molecular complexity index is 3910. The summed E-state index contributed by atoms with van der Waals surface area (Å²) in [7, 11) is 0. The number of hydrogen-bond donors (Lipinski definition) is 0. The van der Waals surface area contributed by atoms with Crippen molar-refractivity contribution in [2.24, 2.45) is 0 Å². The summed E-state index contributed by atoms with van der Waals surface area (Å²) in [4.78, 5) is 16.7. The summed E-state index contributed by atoms with van der Waals surface area (Å²) in [6.45, 7) is 0. The van der Waals surface area contributed by atoms with Crippen LogP contribution in [0.25, 0.3) is 122 Å². The monoisotopic (exact) mass is 817 g/mol. The molecule has 298 valence electrons. The van der Waals surface area contributed by atoms with Gasteiger partial charge < -0.3 is 9.13 Å². The molecule has 0 fully saturated rings. The summed E-state index contributed by atoms with van der Waals surface area (Å²) in [5.41, 5.74) is 11.5. The van der Waals surface area contributed by atoms with Gasteiger partial charge in [-0.3, -0.25) is 9.13 Å². The lowest BCUT2D eigenvalue weighted by Crippen LogP contribution is -2.11. The van der Waals surface area contributed by atoms with Gasteiger partial charge >= 0.3 is 0 Å². The minimum atomic E-state index is 0.541. The van der Waals surface area contributed by atoms with E-state index in [0.29, 0.717) is 17.7 Å². The zero-order valence-corrected chi connectivity index (χ0v) is 34.3. The van der Waals surface area contributed by atoms with Gasteiger partial charge in [0, 0.05) is 54.3 Å². The molecule has 0 aliphatic rings. The van der Waals surface area contributed by atoms with Crippen molar-refractivity contribution in [1.82, 2.24) is 33.2 Å². The van der Waals surface area contributed by atoms with E-state index in [2.05, 4.69) is 231 Å². The Morgan fingerprint density at radius 3 is 1.02 bits per heavy atom. The van der Waals surface area contributed by atoms with Gasteiger partial charge in [0.1, 0.15) is 0 Å². The van der Waals surface area contributed by atoms with Crippen LogP contribution in [0.2, 0.25) is 0 Å². The van der Waals surface area contributed by atoms with Crippen LogP contribution in [-0.2, 0) is 0 Å². The number of para-hydroxylation sites is 8. The second kappa shape index (κ2) is 13.3. The molecule has 0 amide bonds. The van der Waals surface area contributed by atoms with Crippen LogP contribution in [0.5, 0.6) is 0 Å². The van der Waals surface area contributed by atoms with Crippen LogP contribution >= 0.6 is 0 Å². The Morgan fingerprint density at radius 2 is 0.594 bits per heavy atom. The number of aromatic nitrogens is 7. The van der Waals surface area contributed by atoms with E-state index in [-0.39, 0.29) is 0 Å². The lowest BCUT2D eigenvalue weighted by Gasteiger charge is -2.18. The predicted molar refractivity (Wildman–Crippen MR) is 263 cm³/mol. The molecule has 0 bridgehead atoms. The maximum atomic E-state index is 5.61. The van der Waals surface area contributed by atoms with Crippen molar-refractivity contribution in [3.05, 3.63) is 212 Å². The van der Waals surface area contributed by atoms with Crippen LogP contribution in [0.1, 0.15) is 0 Å². The van der Waals surface area contributed by atoms with Gasteiger partial charge in [-0.15, -0.1) is 0 Å². The Morgan fingerprint density at radius 1 is 0.250 bits per heavy atom. The molecule has 14 rings (SSSR count). The van der Waals surface area contributed by atoms with Crippen molar-refractivity contribution in [2.75, 3.05) is 0 Å². The van der Waals surface area contributed by atoms with E-state index in [0.717, 1.165) is 93.4 Å². The quantitative estimate of drug-likeness (QED) is 0.174. The maximum absolute atomic E-state index is 5.61. The highest BCUT2D eigenvalue weighted by Crippen LogP contribution is 2.44.